The van der Waals surface area contributed by atoms with Gasteiger partial charge in [0.2, 0.25) is 5.91 Å². The van der Waals surface area contributed by atoms with Crippen LogP contribution in [0.4, 0.5) is 5.69 Å². The number of rotatable bonds is 7. The minimum atomic E-state index is -0.404. The molecule has 174 valence electrons. The summed E-state index contributed by atoms with van der Waals surface area (Å²) in [5.74, 6) is -0.202. The van der Waals surface area contributed by atoms with Crippen LogP contribution < -0.4 is 10.1 Å². The van der Waals surface area contributed by atoms with E-state index in [9.17, 15) is 14.9 Å². The van der Waals surface area contributed by atoms with E-state index in [4.69, 9.17) is 9.47 Å². The molecule has 0 saturated carbocycles. The third kappa shape index (κ3) is 5.02. The van der Waals surface area contributed by atoms with Gasteiger partial charge >= 0.3 is 5.97 Å². The number of nitrogens with zero attached hydrogens (tertiary/aromatic N) is 4. The zero-order valence-electron chi connectivity index (χ0n) is 19.1. The van der Waals surface area contributed by atoms with Crippen molar-refractivity contribution in [3.63, 3.8) is 0 Å². The summed E-state index contributed by atoms with van der Waals surface area (Å²) >= 11 is 0. The number of aromatic nitrogens is 3. The topological polar surface area (TPSA) is 119 Å². The summed E-state index contributed by atoms with van der Waals surface area (Å²) in [5, 5.41) is 12.9. The van der Waals surface area contributed by atoms with Gasteiger partial charge in [0.1, 0.15) is 17.5 Å². The van der Waals surface area contributed by atoms with E-state index in [1.54, 1.807) is 41.2 Å². The summed E-state index contributed by atoms with van der Waals surface area (Å²) in [6.07, 6.45) is 6.29. The van der Waals surface area contributed by atoms with Crippen LogP contribution in [0.5, 0.6) is 5.75 Å². The molecule has 3 aromatic heterocycles. The lowest BCUT2D eigenvalue weighted by Gasteiger charge is -2.10. The highest BCUT2D eigenvalue weighted by Crippen LogP contribution is 2.35. The van der Waals surface area contributed by atoms with Crippen LogP contribution in [0.2, 0.25) is 0 Å². The van der Waals surface area contributed by atoms with E-state index >= 15 is 0 Å². The Morgan fingerprint density at radius 1 is 1.20 bits per heavy atom. The molecule has 0 fully saturated rings. The molecule has 1 N–H and O–H groups in total. The second kappa shape index (κ2) is 9.89. The number of anilines is 1. The molecule has 0 aliphatic carbocycles. The molecule has 0 radical (unpaired) electrons. The maximum atomic E-state index is 11.8. The maximum absolute atomic E-state index is 11.8. The van der Waals surface area contributed by atoms with E-state index in [2.05, 4.69) is 27.9 Å². The molecule has 0 aliphatic heterocycles. The minimum Gasteiger partial charge on any atom is -0.497 e. The third-order valence-corrected chi connectivity index (χ3v) is 5.25. The van der Waals surface area contributed by atoms with Crippen LogP contribution in [-0.2, 0) is 21.1 Å². The molecule has 9 heteroatoms. The molecule has 35 heavy (non-hydrogen) atoms. The fourth-order valence-electron chi connectivity index (χ4n) is 3.63. The van der Waals surface area contributed by atoms with E-state index < -0.39 is 5.97 Å². The number of fused-ring (bicyclic) bond motifs is 1. The molecule has 0 saturated heterocycles. The molecular weight excluding hydrogens is 446 g/mol. The van der Waals surface area contributed by atoms with Crippen LogP contribution in [0.25, 0.3) is 33.3 Å². The van der Waals surface area contributed by atoms with E-state index in [1.807, 2.05) is 18.3 Å². The number of pyridine rings is 2. The Hall–Kier alpha value is -4.97. The molecule has 3 heterocycles. The lowest BCUT2D eigenvalue weighted by atomic mass is 10.0. The summed E-state index contributed by atoms with van der Waals surface area (Å²) in [6, 6.07) is 12.7. The van der Waals surface area contributed by atoms with Crippen molar-refractivity contribution in [2.24, 2.45) is 0 Å². The smallest absolute Gasteiger partial charge is 0.304 e. The molecular formula is C26H21N5O4. The number of nitriles is 1. The van der Waals surface area contributed by atoms with Gasteiger partial charge in [0.25, 0.3) is 0 Å². The standard InChI is InChI=1S/C26H21N5O4/c1-4-26(33)30-19-8-18(9-21(10-19)34-3)24-11-22-23(17-5-6-28-20(7-17)12-27)14-31(15-35-16(2)32)25(22)13-29-24/h4-11,13-14H,1,15H2,2-3H3,(H,30,33). The van der Waals surface area contributed by atoms with Crippen molar-refractivity contribution in [3.8, 4) is 34.2 Å². The van der Waals surface area contributed by atoms with Crippen LogP contribution in [-0.4, -0.2) is 33.5 Å². The molecule has 0 aliphatic rings. The lowest BCUT2D eigenvalue weighted by Crippen LogP contribution is -2.07. The highest BCUT2D eigenvalue weighted by molar-refractivity contribution is 6.00. The van der Waals surface area contributed by atoms with Crippen molar-refractivity contribution in [3.05, 3.63) is 73.3 Å². The van der Waals surface area contributed by atoms with E-state index in [0.717, 1.165) is 27.6 Å². The molecule has 0 spiro atoms. The number of hydrogen-bond donors (Lipinski definition) is 1. The van der Waals surface area contributed by atoms with Gasteiger partial charge in [-0.15, -0.1) is 0 Å². The quantitative estimate of drug-likeness (QED) is 0.318. The number of benzene rings is 1. The maximum Gasteiger partial charge on any atom is 0.304 e. The van der Waals surface area contributed by atoms with Crippen LogP contribution in [0.3, 0.4) is 0 Å². The third-order valence-electron chi connectivity index (χ3n) is 5.25. The van der Waals surface area contributed by atoms with Gasteiger partial charge in [0.15, 0.2) is 6.73 Å². The van der Waals surface area contributed by atoms with E-state index in [1.165, 1.54) is 20.1 Å². The largest absolute Gasteiger partial charge is 0.497 e. The summed E-state index contributed by atoms with van der Waals surface area (Å²) in [4.78, 5) is 31.9. The van der Waals surface area contributed by atoms with Gasteiger partial charge in [-0.1, -0.05) is 6.58 Å². The Bertz CT molecular complexity index is 1500. The fraction of sp³-hybridized carbons (Fsp3) is 0.115. The van der Waals surface area contributed by atoms with Gasteiger partial charge < -0.3 is 19.4 Å². The Morgan fingerprint density at radius 2 is 2.03 bits per heavy atom. The first-order chi connectivity index (χ1) is 16.9. The van der Waals surface area contributed by atoms with Gasteiger partial charge in [0.05, 0.1) is 24.5 Å². The van der Waals surface area contributed by atoms with Gasteiger partial charge in [0, 0.05) is 47.6 Å². The Balaban J connectivity index is 1.88. The molecule has 9 nitrogen and oxygen atoms in total. The Kier molecular flexibility index (Phi) is 6.55. The fourth-order valence-corrected chi connectivity index (χ4v) is 3.63. The first kappa shape index (κ1) is 23.2. The second-order valence-corrected chi connectivity index (χ2v) is 7.55. The normalized spacial score (nSPS) is 10.4. The number of ether oxygens (including phenoxy) is 2. The van der Waals surface area contributed by atoms with Crippen LogP contribution in [0.15, 0.2) is 67.6 Å². The number of hydrogen-bond acceptors (Lipinski definition) is 7. The second-order valence-electron chi connectivity index (χ2n) is 7.55. The Morgan fingerprint density at radius 3 is 2.74 bits per heavy atom. The molecule has 0 unspecified atom stereocenters. The zero-order valence-corrected chi connectivity index (χ0v) is 19.1. The molecule has 1 aromatic carbocycles. The van der Waals surface area contributed by atoms with Crippen molar-refractivity contribution in [1.82, 2.24) is 14.5 Å². The minimum absolute atomic E-state index is 0.0138. The number of nitrogens with one attached hydrogen (secondary N) is 1. The van der Waals surface area contributed by atoms with Crippen LogP contribution >= 0.6 is 0 Å². The number of amides is 1. The van der Waals surface area contributed by atoms with Crippen molar-refractivity contribution in [2.75, 3.05) is 12.4 Å². The monoisotopic (exact) mass is 467 g/mol. The van der Waals surface area contributed by atoms with Gasteiger partial charge in [-0.3, -0.25) is 14.6 Å². The van der Waals surface area contributed by atoms with E-state index in [0.29, 0.717) is 17.1 Å². The number of carbonyl (C=O) groups is 2. The number of methoxy groups -OCH3 is 1. The zero-order chi connectivity index (χ0) is 24.9. The highest BCUT2D eigenvalue weighted by atomic mass is 16.5. The first-order valence-electron chi connectivity index (χ1n) is 10.5. The highest BCUT2D eigenvalue weighted by Gasteiger charge is 2.15. The Labute approximate surface area is 201 Å². The van der Waals surface area contributed by atoms with Crippen molar-refractivity contribution >= 4 is 28.5 Å². The van der Waals surface area contributed by atoms with Gasteiger partial charge in [-0.2, -0.15) is 5.26 Å². The molecule has 0 bridgehead atoms. The molecule has 4 aromatic rings. The summed E-state index contributed by atoms with van der Waals surface area (Å²) < 4.78 is 12.4. The first-order valence-corrected chi connectivity index (χ1v) is 10.5. The molecule has 4 rings (SSSR count). The van der Waals surface area contributed by atoms with Gasteiger partial charge in [-0.25, -0.2) is 4.98 Å². The summed E-state index contributed by atoms with van der Waals surface area (Å²) in [6.45, 7) is 4.84. The SMILES string of the molecule is C=CC(=O)Nc1cc(OC)cc(-c2cc3c(-c4ccnc(C#N)c4)cn(COC(C)=O)c3cn2)c1. The van der Waals surface area contributed by atoms with Gasteiger partial charge in [-0.05, 0) is 42.0 Å². The average Bonchev–Trinajstić information content (AvgIpc) is 3.25. The lowest BCUT2D eigenvalue weighted by molar-refractivity contribution is -0.144. The number of carbonyl (C=O) groups excluding carboxylic acids is 2. The van der Waals surface area contributed by atoms with Crippen molar-refractivity contribution in [2.45, 2.75) is 13.7 Å². The predicted octanol–water partition coefficient (Wildman–Crippen LogP) is 4.29. The van der Waals surface area contributed by atoms with Crippen LogP contribution in [0.1, 0.15) is 12.6 Å². The van der Waals surface area contributed by atoms with Crippen LogP contribution in [0, 0.1) is 11.3 Å². The van der Waals surface area contributed by atoms with Crippen molar-refractivity contribution < 1.29 is 19.1 Å². The molecule has 0 atom stereocenters. The van der Waals surface area contributed by atoms with E-state index in [-0.39, 0.29) is 18.3 Å². The average molecular weight is 467 g/mol. The number of esters is 1. The predicted molar refractivity (Wildman–Crippen MR) is 130 cm³/mol. The molecule has 1 amide bonds. The van der Waals surface area contributed by atoms with Crippen molar-refractivity contribution in [1.29, 1.82) is 5.26 Å². The summed E-state index contributed by atoms with van der Waals surface area (Å²) in [7, 11) is 1.54. The summed E-state index contributed by atoms with van der Waals surface area (Å²) in [5.41, 5.74) is 4.51.